The average Bonchev–Trinajstić information content (AvgIpc) is 2.48. The number of hydrogen-bond acceptors (Lipinski definition) is 4. The number of anilines is 1. The molecule has 3 rings (SSSR count). The zero-order valence-corrected chi connectivity index (χ0v) is 11.2. The van der Waals surface area contributed by atoms with Crippen molar-refractivity contribution in [3.05, 3.63) is 30.5 Å². The van der Waals surface area contributed by atoms with Gasteiger partial charge in [-0.25, -0.2) is 4.98 Å². The van der Waals surface area contributed by atoms with Crippen LogP contribution in [0.2, 0.25) is 0 Å². The molecular formula is C15H19N3O. The van der Waals surface area contributed by atoms with Crippen molar-refractivity contribution in [2.24, 2.45) is 5.92 Å². The van der Waals surface area contributed by atoms with Crippen LogP contribution in [0.25, 0.3) is 11.0 Å². The first-order valence-corrected chi connectivity index (χ1v) is 6.82. The molecule has 0 radical (unpaired) electrons. The molecule has 1 fully saturated rings. The monoisotopic (exact) mass is 257 g/mol. The van der Waals surface area contributed by atoms with E-state index in [1.165, 1.54) is 12.8 Å². The predicted molar refractivity (Wildman–Crippen MR) is 76.4 cm³/mol. The molecule has 1 aromatic heterocycles. The van der Waals surface area contributed by atoms with Gasteiger partial charge in [0.25, 0.3) is 0 Å². The molecule has 2 aromatic rings. The van der Waals surface area contributed by atoms with Gasteiger partial charge in [0.15, 0.2) is 0 Å². The number of rotatable bonds is 3. The molecule has 1 saturated heterocycles. The van der Waals surface area contributed by atoms with Gasteiger partial charge in [-0.05, 0) is 30.9 Å². The van der Waals surface area contributed by atoms with E-state index in [1.807, 2.05) is 30.5 Å². The number of aromatic nitrogens is 2. The molecule has 0 amide bonds. The Balaban J connectivity index is 1.74. The summed E-state index contributed by atoms with van der Waals surface area (Å²) >= 11 is 0. The van der Waals surface area contributed by atoms with Gasteiger partial charge in [0.2, 0.25) is 0 Å². The first kappa shape index (κ1) is 12.4. The minimum absolute atomic E-state index is 0.690. The molecule has 0 saturated carbocycles. The maximum absolute atomic E-state index is 5.23. The third-order valence-electron chi connectivity index (χ3n) is 3.78. The van der Waals surface area contributed by atoms with E-state index in [2.05, 4.69) is 9.88 Å². The lowest BCUT2D eigenvalue weighted by Gasteiger charge is -2.32. The summed E-state index contributed by atoms with van der Waals surface area (Å²) < 4.78 is 5.23. The van der Waals surface area contributed by atoms with Crippen LogP contribution >= 0.6 is 0 Å². The zero-order valence-electron chi connectivity index (χ0n) is 11.2. The Bertz CT molecular complexity index is 550. The second-order valence-corrected chi connectivity index (χ2v) is 5.10. The maximum Gasteiger partial charge on any atom is 0.147 e. The van der Waals surface area contributed by atoms with Crippen molar-refractivity contribution >= 4 is 16.9 Å². The minimum atomic E-state index is 0.690. The molecule has 0 unspecified atom stereocenters. The van der Waals surface area contributed by atoms with Gasteiger partial charge in [-0.2, -0.15) is 0 Å². The van der Waals surface area contributed by atoms with Gasteiger partial charge in [0.1, 0.15) is 5.82 Å². The van der Waals surface area contributed by atoms with Crippen molar-refractivity contribution in [2.75, 3.05) is 31.7 Å². The quantitative estimate of drug-likeness (QED) is 0.846. The van der Waals surface area contributed by atoms with E-state index in [4.69, 9.17) is 9.72 Å². The first-order chi connectivity index (χ1) is 9.36. The predicted octanol–water partition coefficient (Wildman–Crippen LogP) is 2.49. The highest BCUT2D eigenvalue weighted by molar-refractivity contribution is 5.75. The molecular weight excluding hydrogens is 238 g/mol. The molecule has 19 heavy (non-hydrogen) atoms. The molecule has 0 N–H and O–H groups in total. The number of piperidine rings is 1. The molecule has 4 heteroatoms. The molecule has 0 aliphatic carbocycles. The van der Waals surface area contributed by atoms with Gasteiger partial charge >= 0.3 is 0 Å². The van der Waals surface area contributed by atoms with Crippen LogP contribution in [0, 0.1) is 5.92 Å². The number of benzene rings is 1. The normalized spacial score (nSPS) is 17.0. The Labute approximate surface area is 113 Å². The summed E-state index contributed by atoms with van der Waals surface area (Å²) in [6.07, 6.45) is 4.23. The van der Waals surface area contributed by atoms with E-state index in [-0.39, 0.29) is 0 Å². The third-order valence-corrected chi connectivity index (χ3v) is 3.78. The van der Waals surface area contributed by atoms with E-state index in [1.54, 1.807) is 7.11 Å². The van der Waals surface area contributed by atoms with Crippen LogP contribution in [0.4, 0.5) is 5.82 Å². The lowest BCUT2D eigenvalue weighted by molar-refractivity contribution is 0.139. The number of para-hydroxylation sites is 2. The van der Waals surface area contributed by atoms with Crippen LogP contribution < -0.4 is 4.90 Å². The summed E-state index contributed by atoms with van der Waals surface area (Å²) in [7, 11) is 1.78. The fraction of sp³-hybridized carbons (Fsp3) is 0.467. The summed E-state index contributed by atoms with van der Waals surface area (Å²) in [6, 6.07) is 8.01. The van der Waals surface area contributed by atoms with E-state index in [0.29, 0.717) is 5.92 Å². The molecule has 0 spiro atoms. The van der Waals surface area contributed by atoms with Crippen LogP contribution in [0.3, 0.4) is 0 Å². The van der Waals surface area contributed by atoms with Crippen LogP contribution in [0.1, 0.15) is 12.8 Å². The fourth-order valence-electron chi connectivity index (χ4n) is 2.66. The Morgan fingerprint density at radius 2 is 1.95 bits per heavy atom. The maximum atomic E-state index is 5.23. The highest BCUT2D eigenvalue weighted by Gasteiger charge is 2.20. The number of nitrogens with zero attached hydrogens (tertiary/aromatic N) is 3. The first-order valence-electron chi connectivity index (χ1n) is 6.82. The largest absolute Gasteiger partial charge is 0.384 e. The molecule has 2 heterocycles. The Hall–Kier alpha value is -1.68. The molecule has 100 valence electrons. The van der Waals surface area contributed by atoms with Gasteiger partial charge in [-0.1, -0.05) is 12.1 Å². The van der Waals surface area contributed by atoms with E-state index in [0.717, 1.165) is 36.5 Å². The van der Waals surface area contributed by atoms with Crippen LogP contribution in [0.15, 0.2) is 30.5 Å². The van der Waals surface area contributed by atoms with Crippen molar-refractivity contribution < 1.29 is 4.74 Å². The summed E-state index contributed by atoms with van der Waals surface area (Å²) in [5.74, 6) is 1.68. The number of hydrogen-bond donors (Lipinski definition) is 0. The summed E-state index contributed by atoms with van der Waals surface area (Å²) in [5.41, 5.74) is 1.93. The number of ether oxygens (including phenoxy) is 1. The summed E-state index contributed by atoms with van der Waals surface area (Å²) in [5, 5.41) is 0. The van der Waals surface area contributed by atoms with E-state index < -0.39 is 0 Å². The van der Waals surface area contributed by atoms with Crippen LogP contribution in [-0.2, 0) is 4.74 Å². The molecule has 1 aliphatic heterocycles. The highest BCUT2D eigenvalue weighted by Crippen LogP contribution is 2.22. The van der Waals surface area contributed by atoms with Crippen LogP contribution in [0.5, 0.6) is 0 Å². The van der Waals surface area contributed by atoms with Gasteiger partial charge in [-0.15, -0.1) is 0 Å². The van der Waals surface area contributed by atoms with Crippen molar-refractivity contribution in [3.8, 4) is 0 Å². The van der Waals surface area contributed by atoms with Gasteiger partial charge in [0, 0.05) is 26.8 Å². The van der Waals surface area contributed by atoms with Crippen molar-refractivity contribution in [2.45, 2.75) is 12.8 Å². The van der Waals surface area contributed by atoms with Crippen molar-refractivity contribution in [1.29, 1.82) is 0 Å². The second-order valence-electron chi connectivity index (χ2n) is 5.10. The smallest absolute Gasteiger partial charge is 0.147 e. The van der Waals surface area contributed by atoms with E-state index in [9.17, 15) is 0 Å². The standard InChI is InChI=1S/C15H19N3O/c1-19-11-12-6-8-18(9-7-12)15-10-16-13-4-2-3-5-14(13)17-15/h2-5,10,12H,6-9,11H2,1H3. The van der Waals surface area contributed by atoms with Gasteiger partial charge in [-0.3, -0.25) is 4.98 Å². The van der Waals surface area contributed by atoms with Crippen molar-refractivity contribution in [3.63, 3.8) is 0 Å². The topological polar surface area (TPSA) is 38.2 Å². The third kappa shape index (κ3) is 2.68. The number of methoxy groups -OCH3 is 1. The van der Waals surface area contributed by atoms with Gasteiger partial charge in [0.05, 0.1) is 17.2 Å². The van der Waals surface area contributed by atoms with Crippen LogP contribution in [-0.4, -0.2) is 36.8 Å². The average molecular weight is 257 g/mol. The lowest BCUT2D eigenvalue weighted by atomic mass is 9.98. The fourth-order valence-corrected chi connectivity index (χ4v) is 2.66. The molecule has 1 aliphatic rings. The Morgan fingerprint density at radius 3 is 2.68 bits per heavy atom. The Kier molecular flexibility index (Phi) is 3.60. The summed E-state index contributed by atoms with van der Waals surface area (Å²) in [4.78, 5) is 11.5. The van der Waals surface area contributed by atoms with E-state index >= 15 is 0 Å². The van der Waals surface area contributed by atoms with Gasteiger partial charge < -0.3 is 9.64 Å². The zero-order chi connectivity index (χ0) is 13.1. The minimum Gasteiger partial charge on any atom is -0.384 e. The molecule has 0 bridgehead atoms. The molecule has 4 nitrogen and oxygen atoms in total. The Morgan fingerprint density at radius 1 is 1.21 bits per heavy atom. The molecule has 1 aromatic carbocycles. The SMILES string of the molecule is COCC1CCN(c2cnc3ccccc3n2)CC1. The highest BCUT2D eigenvalue weighted by atomic mass is 16.5. The molecule has 0 atom stereocenters. The number of fused-ring (bicyclic) bond motifs is 1. The summed E-state index contributed by atoms with van der Waals surface area (Å²) in [6.45, 7) is 2.96. The lowest BCUT2D eigenvalue weighted by Crippen LogP contribution is -2.35. The second kappa shape index (κ2) is 5.53. The van der Waals surface area contributed by atoms with Crippen molar-refractivity contribution in [1.82, 2.24) is 9.97 Å².